The largest absolute Gasteiger partial charge is 0.358 e. The number of rotatable bonds is 2. The average Bonchev–Trinajstić information content (AvgIpc) is 2.62. The van der Waals surface area contributed by atoms with Crippen LogP contribution in [0.1, 0.15) is 44.9 Å². The fourth-order valence-electron chi connectivity index (χ4n) is 2.09. The first-order valence-electron chi connectivity index (χ1n) is 5.91. The molecular formula is C13H20N2S. The van der Waals surface area contributed by atoms with Crippen molar-refractivity contribution in [1.29, 1.82) is 0 Å². The van der Waals surface area contributed by atoms with Gasteiger partial charge in [0, 0.05) is 12.2 Å². The third-order valence-corrected chi connectivity index (χ3v) is 4.28. The molecule has 1 aromatic rings. The Bertz CT molecular complexity index is 399. The Balaban J connectivity index is 2.56. The van der Waals surface area contributed by atoms with Gasteiger partial charge in [0.25, 0.3) is 0 Å². The number of anilines is 1. The summed E-state index contributed by atoms with van der Waals surface area (Å²) in [5.41, 5.74) is 3.99. The highest BCUT2D eigenvalue weighted by atomic mass is 32.2. The summed E-state index contributed by atoms with van der Waals surface area (Å²) in [7, 11) is 0. The third kappa shape index (κ3) is 1.81. The Hall–Kier alpha value is -0.700. The molecule has 1 aromatic heterocycles. The molecular weight excluding hydrogens is 216 g/mol. The van der Waals surface area contributed by atoms with Gasteiger partial charge in [0.1, 0.15) is 0 Å². The molecule has 0 saturated heterocycles. The molecule has 2 rings (SSSR count). The zero-order valence-corrected chi connectivity index (χ0v) is 11.6. The average molecular weight is 236 g/mol. The van der Waals surface area contributed by atoms with Crippen molar-refractivity contribution in [2.45, 2.75) is 51.5 Å². The summed E-state index contributed by atoms with van der Waals surface area (Å²) in [5.74, 6) is 1.61. The van der Waals surface area contributed by atoms with E-state index in [9.17, 15) is 0 Å². The first kappa shape index (κ1) is 11.8. The van der Waals surface area contributed by atoms with Crippen LogP contribution in [-0.4, -0.2) is 16.9 Å². The quantitative estimate of drug-likeness (QED) is 0.777. The van der Waals surface area contributed by atoms with Crippen molar-refractivity contribution in [1.82, 2.24) is 4.98 Å². The van der Waals surface area contributed by atoms with Gasteiger partial charge in [0.15, 0.2) is 0 Å². The topological polar surface area (TPSA) is 16.1 Å². The molecule has 0 aromatic carbocycles. The van der Waals surface area contributed by atoms with Crippen LogP contribution < -0.4 is 4.90 Å². The van der Waals surface area contributed by atoms with Gasteiger partial charge in [-0.25, -0.2) is 0 Å². The Morgan fingerprint density at radius 1 is 1.31 bits per heavy atom. The Labute approximate surface area is 102 Å². The van der Waals surface area contributed by atoms with Crippen molar-refractivity contribution in [2.24, 2.45) is 0 Å². The fourth-order valence-corrected chi connectivity index (χ4v) is 3.41. The molecule has 0 N–H and O–H groups in total. The summed E-state index contributed by atoms with van der Waals surface area (Å²) in [4.78, 5) is 8.40. The number of pyridine rings is 1. The zero-order chi connectivity index (χ0) is 11.9. The van der Waals surface area contributed by atoms with Crippen molar-refractivity contribution < 1.29 is 0 Å². The van der Waals surface area contributed by atoms with Gasteiger partial charge in [-0.3, -0.25) is 4.98 Å². The Morgan fingerprint density at radius 3 is 2.56 bits per heavy atom. The molecule has 0 radical (unpaired) electrons. The van der Waals surface area contributed by atoms with Crippen LogP contribution in [0.2, 0.25) is 0 Å². The minimum absolute atomic E-state index is 0.543. The number of thioether (sulfide) groups is 1. The molecule has 2 nitrogen and oxygen atoms in total. The van der Waals surface area contributed by atoms with E-state index in [0.29, 0.717) is 12.0 Å². The van der Waals surface area contributed by atoms with E-state index < -0.39 is 0 Å². The van der Waals surface area contributed by atoms with Crippen LogP contribution in [0.25, 0.3) is 0 Å². The summed E-state index contributed by atoms with van der Waals surface area (Å²) in [5, 5.41) is 0. The maximum atomic E-state index is 4.52. The maximum Gasteiger partial charge on any atom is 0.0690 e. The van der Waals surface area contributed by atoms with E-state index in [1.165, 1.54) is 21.8 Å². The molecule has 0 saturated carbocycles. The second kappa shape index (κ2) is 4.28. The first-order valence-corrected chi connectivity index (χ1v) is 6.89. The number of fused-ring (bicyclic) bond motifs is 1. The number of hydrogen-bond acceptors (Lipinski definition) is 3. The predicted octanol–water partition coefficient (Wildman–Crippen LogP) is 3.79. The highest BCUT2D eigenvalue weighted by molar-refractivity contribution is 8.00. The normalized spacial score (nSPS) is 15.1. The van der Waals surface area contributed by atoms with Gasteiger partial charge in [-0.2, -0.15) is 0 Å². The lowest BCUT2D eigenvalue weighted by Crippen LogP contribution is -2.28. The van der Waals surface area contributed by atoms with Gasteiger partial charge < -0.3 is 4.90 Å². The lowest BCUT2D eigenvalue weighted by molar-refractivity contribution is 0.728. The second-order valence-corrected chi connectivity index (χ2v) is 5.92. The molecule has 0 bridgehead atoms. The smallest absolute Gasteiger partial charge is 0.0690 e. The van der Waals surface area contributed by atoms with E-state index >= 15 is 0 Å². The molecule has 0 fully saturated rings. The predicted molar refractivity (Wildman–Crippen MR) is 71.4 cm³/mol. The van der Waals surface area contributed by atoms with E-state index in [1.54, 1.807) is 0 Å². The van der Waals surface area contributed by atoms with E-state index in [-0.39, 0.29) is 0 Å². The van der Waals surface area contributed by atoms with E-state index in [0.717, 1.165) is 5.88 Å². The summed E-state index contributed by atoms with van der Waals surface area (Å²) in [6, 6.07) is 0.563. The number of aromatic nitrogens is 1. The number of nitrogens with zero attached hydrogens (tertiary/aromatic N) is 2. The van der Waals surface area contributed by atoms with Crippen LogP contribution in [-0.2, 0) is 0 Å². The molecule has 0 aliphatic carbocycles. The minimum atomic E-state index is 0.543. The maximum absolute atomic E-state index is 4.52. The van der Waals surface area contributed by atoms with E-state index in [1.807, 2.05) is 11.8 Å². The lowest BCUT2D eigenvalue weighted by atomic mass is 10.0. The molecule has 16 heavy (non-hydrogen) atoms. The molecule has 3 heteroatoms. The molecule has 1 aliphatic heterocycles. The second-order valence-electron chi connectivity index (χ2n) is 4.97. The van der Waals surface area contributed by atoms with Crippen LogP contribution >= 0.6 is 11.8 Å². The van der Waals surface area contributed by atoms with Gasteiger partial charge in [-0.15, -0.1) is 11.8 Å². The standard InChI is InChI=1S/C13H20N2S/c1-8(2)11-6-14-10(5)13-12(11)15(7-16-13)9(3)4/h6,8-9H,7H2,1-5H3. The van der Waals surface area contributed by atoms with Crippen LogP contribution in [0.5, 0.6) is 0 Å². The lowest BCUT2D eigenvalue weighted by Gasteiger charge is -2.26. The van der Waals surface area contributed by atoms with Crippen molar-refractivity contribution in [3.8, 4) is 0 Å². The van der Waals surface area contributed by atoms with E-state index in [2.05, 4.69) is 50.7 Å². The highest BCUT2D eigenvalue weighted by Gasteiger charge is 2.27. The summed E-state index contributed by atoms with van der Waals surface area (Å²) >= 11 is 1.93. The first-order chi connectivity index (χ1) is 7.52. The summed E-state index contributed by atoms with van der Waals surface area (Å²) < 4.78 is 0. The molecule has 0 amide bonds. The molecule has 2 heterocycles. The third-order valence-electron chi connectivity index (χ3n) is 3.09. The number of hydrogen-bond donors (Lipinski definition) is 0. The zero-order valence-electron chi connectivity index (χ0n) is 10.7. The van der Waals surface area contributed by atoms with Crippen molar-refractivity contribution in [3.05, 3.63) is 17.5 Å². The van der Waals surface area contributed by atoms with Gasteiger partial charge in [0.2, 0.25) is 0 Å². The van der Waals surface area contributed by atoms with Gasteiger partial charge in [-0.1, -0.05) is 13.8 Å². The van der Waals surface area contributed by atoms with E-state index in [4.69, 9.17) is 0 Å². The molecule has 88 valence electrons. The molecule has 0 atom stereocenters. The van der Waals surface area contributed by atoms with Crippen molar-refractivity contribution in [3.63, 3.8) is 0 Å². The van der Waals surface area contributed by atoms with Crippen LogP contribution in [0.3, 0.4) is 0 Å². The minimum Gasteiger partial charge on any atom is -0.358 e. The Kier molecular flexibility index (Phi) is 3.15. The van der Waals surface area contributed by atoms with Gasteiger partial charge in [-0.05, 0) is 32.3 Å². The van der Waals surface area contributed by atoms with Gasteiger partial charge in [0.05, 0.1) is 22.2 Å². The number of aryl methyl sites for hydroxylation is 1. The summed E-state index contributed by atoms with van der Waals surface area (Å²) in [6.07, 6.45) is 2.06. The molecule has 0 unspecified atom stereocenters. The van der Waals surface area contributed by atoms with Crippen LogP contribution in [0.15, 0.2) is 11.1 Å². The Morgan fingerprint density at radius 2 is 2.00 bits per heavy atom. The van der Waals surface area contributed by atoms with Crippen LogP contribution in [0, 0.1) is 6.92 Å². The fraction of sp³-hybridized carbons (Fsp3) is 0.615. The van der Waals surface area contributed by atoms with Crippen LogP contribution in [0.4, 0.5) is 5.69 Å². The molecule has 1 aliphatic rings. The van der Waals surface area contributed by atoms with Gasteiger partial charge >= 0.3 is 0 Å². The molecule has 0 spiro atoms. The van der Waals surface area contributed by atoms with Crippen molar-refractivity contribution in [2.75, 3.05) is 10.8 Å². The summed E-state index contributed by atoms with van der Waals surface area (Å²) in [6.45, 7) is 11.1. The monoisotopic (exact) mass is 236 g/mol. The van der Waals surface area contributed by atoms with Crippen molar-refractivity contribution >= 4 is 17.4 Å². The highest BCUT2D eigenvalue weighted by Crippen LogP contribution is 2.45. The SMILES string of the molecule is Cc1ncc(C(C)C)c2c1SCN2C(C)C.